The van der Waals surface area contributed by atoms with Crippen LogP contribution in [0.2, 0.25) is 5.02 Å². The summed E-state index contributed by atoms with van der Waals surface area (Å²) in [6, 6.07) is 15.0. The number of nitriles is 1. The minimum atomic E-state index is -0.419. The largest absolute Gasteiger partial charge is 0.493 e. The van der Waals surface area contributed by atoms with E-state index in [4.69, 9.17) is 33.3 Å². The molecule has 2 aromatic carbocycles. The molecule has 1 saturated heterocycles. The first kappa shape index (κ1) is 29.2. The third-order valence-corrected chi connectivity index (χ3v) is 8.34. The van der Waals surface area contributed by atoms with Gasteiger partial charge in [-0.2, -0.15) is 5.26 Å². The number of carbonyl (C=O) groups is 1. The predicted molar refractivity (Wildman–Crippen MR) is 163 cm³/mol. The van der Waals surface area contributed by atoms with Crippen molar-refractivity contribution in [3.8, 4) is 17.6 Å². The molecule has 40 heavy (non-hydrogen) atoms. The van der Waals surface area contributed by atoms with Crippen molar-refractivity contribution in [1.82, 2.24) is 9.47 Å². The maximum atomic E-state index is 13.4. The van der Waals surface area contributed by atoms with Gasteiger partial charge in [0.15, 0.2) is 11.5 Å². The molecule has 1 aliphatic heterocycles. The van der Waals surface area contributed by atoms with Gasteiger partial charge in [-0.3, -0.25) is 19.1 Å². The predicted octanol–water partition coefficient (Wildman–Crippen LogP) is 5.29. The molecule has 0 unspecified atom stereocenters. The number of halogens is 1. The molecule has 0 saturated carbocycles. The number of methoxy groups -OCH3 is 2. The Morgan fingerprint density at radius 2 is 1.88 bits per heavy atom. The Morgan fingerprint density at radius 1 is 1.15 bits per heavy atom. The molecule has 2 heterocycles. The van der Waals surface area contributed by atoms with Gasteiger partial charge in [0.25, 0.3) is 11.5 Å². The Hall–Kier alpha value is -3.78. The van der Waals surface area contributed by atoms with E-state index in [0.29, 0.717) is 55.7 Å². The van der Waals surface area contributed by atoms with E-state index in [0.717, 1.165) is 11.1 Å². The third-order valence-electron chi connectivity index (χ3n) is 6.59. The van der Waals surface area contributed by atoms with Crippen LogP contribution >= 0.6 is 35.6 Å². The van der Waals surface area contributed by atoms with E-state index in [1.54, 1.807) is 40.3 Å². The molecular formula is C29H27ClN4O4S2. The van der Waals surface area contributed by atoms with E-state index in [1.807, 2.05) is 42.5 Å². The van der Waals surface area contributed by atoms with Crippen molar-refractivity contribution in [2.75, 3.05) is 26.1 Å². The number of nitrogens with zero attached hydrogens (tertiary/aromatic N) is 3. The number of amides is 1. The summed E-state index contributed by atoms with van der Waals surface area (Å²) in [5.41, 5.74) is 2.44. The smallest absolute Gasteiger partial charge is 0.270 e. The van der Waals surface area contributed by atoms with Crippen LogP contribution in [0.15, 0.2) is 52.2 Å². The van der Waals surface area contributed by atoms with E-state index >= 15 is 0 Å². The Kier molecular flexibility index (Phi) is 9.20. The number of pyridine rings is 1. The molecular weight excluding hydrogens is 568 g/mol. The molecule has 11 heteroatoms. The molecule has 0 atom stereocenters. The first-order valence-electron chi connectivity index (χ1n) is 12.3. The molecule has 1 aromatic heterocycles. The van der Waals surface area contributed by atoms with Crippen LogP contribution in [0.4, 0.5) is 5.82 Å². The maximum absolute atomic E-state index is 13.4. The van der Waals surface area contributed by atoms with Crippen LogP contribution in [-0.4, -0.2) is 40.5 Å². The number of carbonyl (C=O) groups excluding carboxylic acids is 1. The summed E-state index contributed by atoms with van der Waals surface area (Å²) in [6.45, 7) is 2.42. The van der Waals surface area contributed by atoms with Gasteiger partial charge in [-0.1, -0.05) is 59.8 Å². The van der Waals surface area contributed by atoms with Crippen molar-refractivity contribution in [3.63, 3.8) is 0 Å². The van der Waals surface area contributed by atoms with Gasteiger partial charge in [-0.15, -0.1) is 0 Å². The zero-order valence-electron chi connectivity index (χ0n) is 22.4. The molecule has 1 N–H and O–H groups in total. The van der Waals surface area contributed by atoms with E-state index in [9.17, 15) is 14.9 Å². The SMILES string of the molecule is COc1ccc(CCNc2c(/C=C3/SC(=S)N(Cc4ccccc4Cl)C3=O)c(C)c(C#N)c(=O)n2C)cc1OC. The van der Waals surface area contributed by atoms with Crippen molar-refractivity contribution in [2.24, 2.45) is 7.05 Å². The number of ether oxygens (including phenoxy) is 2. The lowest BCUT2D eigenvalue weighted by molar-refractivity contribution is -0.122. The number of nitrogens with one attached hydrogen (secondary N) is 1. The average Bonchev–Trinajstić information content (AvgIpc) is 3.21. The fourth-order valence-corrected chi connectivity index (χ4v) is 5.80. The van der Waals surface area contributed by atoms with Crippen molar-refractivity contribution in [3.05, 3.63) is 90.6 Å². The number of thioether (sulfide) groups is 1. The lowest BCUT2D eigenvalue weighted by Gasteiger charge is -2.18. The van der Waals surface area contributed by atoms with E-state index in [1.165, 1.54) is 21.2 Å². The van der Waals surface area contributed by atoms with E-state index in [2.05, 4.69) is 5.32 Å². The van der Waals surface area contributed by atoms with Crippen LogP contribution < -0.4 is 20.3 Å². The monoisotopic (exact) mass is 594 g/mol. The summed E-state index contributed by atoms with van der Waals surface area (Å²) in [7, 11) is 4.76. The highest BCUT2D eigenvalue weighted by atomic mass is 35.5. The molecule has 0 spiro atoms. The standard InChI is InChI=1S/C29H27ClN4O4S2/c1-17-20(14-25-28(36)34(29(39)40-25)16-19-7-5-6-8-22(19)30)26(33(2)27(35)21(17)15-31)32-12-11-18-9-10-23(37-3)24(13-18)38-4/h5-10,13-14,32H,11-12,16H2,1-4H3/b25-14+. The summed E-state index contributed by atoms with van der Waals surface area (Å²) in [5.74, 6) is 1.50. The fraction of sp³-hybridized carbons (Fsp3) is 0.241. The van der Waals surface area contributed by atoms with Crippen LogP contribution in [0.3, 0.4) is 0 Å². The summed E-state index contributed by atoms with van der Waals surface area (Å²) in [5, 5.41) is 13.6. The number of benzene rings is 2. The Morgan fingerprint density at radius 3 is 2.55 bits per heavy atom. The van der Waals surface area contributed by atoms with Gasteiger partial charge >= 0.3 is 0 Å². The highest BCUT2D eigenvalue weighted by Crippen LogP contribution is 2.36. The number of anilines is 1. The third kappa shape index (κ3) is 5.87. The molecule has 3 aromatic rings. The van der Waals surface area contributed by atoms with Crippen LogP contribution in [0, 0.1) is 18.3 Å². The second-order valence-corrected chi connectivity index (χ2v) is 11.0. The molecule has 8 nitrogen and oxygen atoms in total. The minimum Gasteiger partial charge on any atom is -0.493 e. The average molecular weight is 595 g/mol. The number of aromatic nitrogens is 1. The maximum Gasteiger partial charge on any atom is 0.270 e. The first-order valence-corrected chi connectivity index (χ1v) is 13.9. The number of hydrogen-bond donors (Lipinski definition) is 1. The topological polar surface area (TPSA) is 96.6 Å². The van der Waals surface area contributed by atoms with Crippen molar-refractivity contribution < 1.29 is 14.3 Å². The van der Waals surface area contributed by atoms with E-state index < -0.39 is 5.56 Å². The summed E-state index contributed by atoms with van der Waals surface area (Å²) >= 11 is 13.0. The van der Waals surface area contributed by atoms with Crippen LogP contribution in [0.25, 0.3) is 6.08 Å². The number of hydrogen-bond acceptors (Lipinski definition) is 8. The molecule has 1 amide bonds. The van der Waals surface area contributed by atoms with Crippen molar-refractivity contribution in [2.45, 2.75) is 19.9 Å². The normalized spacial score (nSPS) is 14.0. The highest BCUT2D eigenvalue weighted by molar-refractivity contribution is 8.26. The van der Waals surface area contributed by atoms with Crippen LogP contribution in [0.5, 0.6) is 11.5 Å². The fourth-order valence-electron chi connectivity index (χ4n) is 4.37. The van der Waals surface area contributed by atoms with Gasteiger partial charge in [-0.25, -0.2) is 0 Å². The van der Waals surface area contributed by atoms with Gasteiger partial charge in [0.1, 0.15) is 21.8 Å². The van der Waals surface area contributed by atoms with Gasteiger partial charge in [0, 0.05) is 24.2 Å². The van der Waals surface area contributed by atoms with Gasteiger partial charge < -0.3 is 14.8 Å². The second-order valence-electron chi connectivity index (χ2n) is 8.96. The second kappa shape index (κ2) is 12.6. The lowest BCUT2D eigenvalue weighted by atomic mass is 10.0. The highest BCUT2D eigenvalue weighted by Gasteiger charge is 2.33. The van der Waals surface area contributed by atoms with Gasteiger partial charge in [0.05, 0.1) is 25.7 Å². The zero-order chi connectivity index (χ0) is 29.0. The Labute approximate surface area is 247 Å². The first-order chi connectivity index (χ1) is 19.2. The summed E-state index contributed by atoms with van der Waals surface area (Å²) in [6.07, 6.45) is 2.31. The van der Waals surface area contributed by atoms with Crippen LogP contribution in [0.1, 0.15) is 27.8 Å². The molecule has 0 radical (unpaired) electrons. The molecule has 0 aliphatic carbocycles. The molecule has 1 fully saturated rings. The zero-order valence-corrected chi connectivity index (χ0v) is 24.8. The number of thiocarbonyl (C=S) groups is 1. The quantitative estimate of drug-likeness (QED) is 0.264. The molecule has 1 aliphatic rings. The molecule has 0 bridgehead atoms. The Balaban J connectivity index is 1.65. The molecule has 206 valence electrons. The van der Waals surface area contributed by atoms with Crippen molar-refractivity contribution >= 4 is 57.7 Å². The Bertz CT molecular complexity index is 1630. The van der Waals surface area contributed by atoms with Gasteiger partial charge in [-0.05, 0) is 54.3 Å². The van der Waals surface area contributed by atoms with E-state index in [-0.39, 0.29) is 18.0 Å². The number of rotatable bonds is 9. The minimum absolute atomic E-state index is 0.0192. The lowest BCUT2D eigenvalue weighted by Crippen LogP contribution is -2.28. The van der Waals surface area contributed by atoms with Crippen molar-refractivity contribution in [1.29, 1.82) is 5.26 Å². The van der Waals surface area contributed by atoms with Crippen LogP contribution in [-0.2, 0) is 24.8 Å². The molecule has 4 rings (SSSR count). The summed E-state index contributed by atoms with van der Waals surface area (Å²) < 4.78 is 12.5. The van der Waals surface area contributed by atoms with Gasteiger partial charge in [0.2, 0.25) is 0 Å². The summed E-state index contributed by atoms with van der Waals surface area (Å²) in [4.78, 5) is 28.3.